The molecule has 0 fully saturated rings. The average molecular weight is 370 g/mol. The van der Waals surface area contributed by atoms with Crippen LogP contribution in [-0.2, 0) is 4.79 Å². The highest BCUT2D eigenvalue weighted by atomic mass is 35.5. The molecule has 2 aromatic carbocycles. The van der Waals surface area contributed by atoms with E-state index in [9.17, 15) is 9.59 Å². The molecule has 1 aromatic heterocycles. The Bertz CT molecular complexity index is 991. The summed E-state index contributed by atoms with van der Waals surface area (Å²) in [5.74, 6) is 0.120. The zero-order valence-corrected chi connectivity index (χ0v) is 14.9. The highest BCUT2D eigenvalue weighted by molar-refractivity contribution is 6.31. The van der Waals surface area contributed by atoms with Gasteiger partial charge in [0.25, 0.3) is 5.91 Å². The van der Waals surface area contributed by atoms with Crippen LogP contribution >= 0.6 is 11.6 Å². The van der Waals surface area contributed by atoms with E-state index in [0.29, 0.717) is 28.0 Å². The van der Waals surface area contributed by atoms with Crippen LogP contribution in [0.3, 0.4) is 0 Å². The summed E-state index contributed by atoms with van der Waals surface area (Å²) >= 11 is 5.93. The first-order chi connectivity index (χ1) is 12.5. The Morgan fingerprint density at radius 1 is 1.19 bits per heavy atom. The number of halogens is 1. The first-order valence-corrected chi connectivity index (χ1v) is 8.16. The molecule has 0 spiro atoms. The molecule has 0 saturated carbocycles. The van der Waals surface area contributed by atoms with Gasteiger partial charge in [-0.2, -0.15) is 0 Å². The van der Waals surface area contributed by atoms with E-state index in [1.165, 1.54) is 11.1 Å². The molecule has 0 saturated heterocycles. The van der Waals surface area contributed by atoms with Crippen molar-refractivity contribution in [2.24, 2.45) is 0 Å². The van der Waals surface area contributed by atoms with E-state index in [1.807, 2.05) is 0 Å². The van der Waals surface area contributed by atoms with Gasteiger partial charge in [-0.15, -0.1) is 0 Å². The topological polar surface area (TPSA) is 75.4 Å². The van der Waals surface area contributed by atoms with Crippen LogP contribution in [0.4, 0.5) is 5.69 Å². The third-order valence-electron chi connectivity index (χ3n) is 3.66. The fourth-order valence-corrected chi connectivity index (χ4v) is 2.46. The Kier molecular flexibility index (Phi) is 5.04. The minimum absolute atomic E-state index is 0.0780. The van der Waals surface area contributed by atoms with Gasteiger partial charge in [0.05, 0.1) is 5.57 Å². The zero-order valence-electron chi connectivity index (χ0n) is 14.2. The number of oxazole rings is 1. The van der Waals surface area contributed by atoms with Crippen LogP contribution in [0, 0.1) is 0 Å². The summed E-state index contributed by atoms with van der Waals surface area (Å²) in [7, 11) is 3.39. The fourth-order valence-electron chi connectivity index (χ4n) is 2.30. The lowest BCUT2D eigenvalue weighted by molar-refractivity contribution is -0.103. The third kappa shape index (κ3) is 3.75. The molecule has 6 nitrogen and oxygen atoms in total. The van der Waals surface area contributed by atoms with Crippen molar-refractivity contribution in [2.75, 3.05) is 19.4 Å². The van der Waals surface area contributed by atoms with Gasteiger partial charge in [-0.1, -0.05) is 11.6 Å². The second-order valence-electron chi connectivity index (χ2n) is 5.77. The molecular formula is C19H16ClN3O3. The Morgan fingerprint density at radius 2 is 1.92 bits per heavy atom. The summed E-state index contributed by atoms with van der Waals surface area (Å²) in [5.41, 5.74) is 2.68. The number of fused-ring (bicyclic) bond motifs is 1. The summed E-state index contributed by atoms with van der Waals surface area (Å²) in [5, 5.41) is 3.54. The van der Waals surface area contributed by atoms with Crippen molar-refractivity contribution in [1.29, 1.82) is 0 Å². The highest BCUT2D eigenvalue weighted by Gasteiger charge is 2.11. The van der Waals surface area contributed by atoms with Gasteiger partial charge in [0.1, 0.15) is 5.52 Å². The number of allylic oxidation sites excluding steroid dienone is 1. The van der Waals surface area contributed by atoms with Crippen molar-refractivity contribution in [3.63, 3.8) is 0 Å². The van der Waals surface area contributed by atoms with Crippen LogP contribution < -0.4 is 5.32 Å². The molecular weight excluding hydrogens is 354 g/mol. The number of carbonyl (C=O) groups is 2. The normalized spacial score (nSPS) is 11.4. The van der Waals surface area contributed by atoms with Gasteiger partial charge in [-0.25, -0.2) is 4.98 Å². The summed E-state index contributed by atoms with van der Waals surface area (Å²) in [4.78, 5) is 29.1. The molecule has 1 N–H and O–H groups in total. The highest BCUT2D eigenvalue weighted by Crippen LogP contribution is 2.23. The van der Waals surface area contributed by atoms with Gasteiger partial charge in [-0.05, 0) is 42.5 Å². The minimum Gasteiger partial charge on any atom is -0.436 e. The molecule has 3 rings (SSSR count). The van der Waals surface area contributed by atoms with E-state index in [2.05, 4.69) is 10.3 Å². The molecule has 0 aliphatic carbocycles. The Hall–Kier alpha value is -3.12. The van der Waals surface area contributed by atoms with Crippen molar-refractivity contribution in [2.45, 2.75) is 0 Å². The molecule has 26 heavy (non-hydrogen) atoms. The van der Waals surface area contributed by atoms with E-state index >= 15 is 0 Å². The Morgan fingerprint density at radius 3 is 2.58 bits per heavy atom. The first-order valence-electron chi connectivity index (χ1n) is 7.78. The number of benzene rings is 2. The van der Waals surface area contributed by atoms with Crippen molar-refractivity contribution in [3.8, 4) is 0 Å². The number of nitrogens with zero attached hydrogens (tertiary/aromatic N) is 2. The van der Waals surface area contributed by atoms with Crippen molar-refractivity contribution >= 4 is 46.2 Å². The molecule has 7 heteroatoms. The molecule has 0 atom stereocenters. The van der Waals surface area contributed by atoms with Crippen molar-refractivity contribution < 1.29 is 14.0 Å². The van der Waals surface area contributed by atoms with E-state index in [4.69, 9.17) is 16.0 Å². The number of aldehydes is 1. The quantitative estimate of drug-likeness (QED) is 0.546. The van der Waals surface area contributed by atoms with Crippen LogP contribution in [0.2, 0.25) is 5.02 Å². The number of aromatic nitrogens is 1. The van der Waals surface area contributed by atoms with Crippen LogP contribution in [0.1, 0.15) is 16.2 Å². The number of carbonyl (C=O) groups excluding carboxylic acids is 2. The molecule has 0 bridgehead atoms. The SMILES string of the molecule is CN(C)C(=O)c1ccc(NC=C(C=O)c2nc3cc(Cl)ccc3o2)cc1. The summed E-state index contributed by atoms with van der Waals surface area (Å²) in [6, 6.07) is 12.0. The standard InChI is InChI=1S/C19H16ClN3O3/c1-23(2)19(25)12-3-6-15(7-4-12)21-10-13(11-24)18-22-16-9-14(20)5-8-17(16)26-18/h3-11,21H,1-2H3. The molecule has 1 heterocycles. The van der Waals surface area contributed by atoms with Crippen molar-refractivity contribution in [3.05, 3.63) is 65.1 Å². The lowest BCUT2D eigenvalue weighted by Crippen LogP contribution is -2.21. The van der Waals surface area contributed by atoms with Crippen LogP contribution in [-0.4, -0.2) is 36.2 Å². The molecule has 1 amide bonds. The Labute approximate surface area is 155 Å². The molecule has 0 unspecified atom stereocenters. The van der Waals surface area contributed by atoms with Crippen LogP contribution in [0.15, 0.2) is 53.1 Å². The van der Waals surface area contributed by atoms with Gasteiger partial charge in [0, 0.05) is 36.6 Å². The fraction of sp³-hybridized carbons (Fsp3) is 0.105. The first kappa shape index (κ1) is 17.7. The minimum atomic E-state index is -0.0780. The van der Waals surface area contributed by atoms with Crippen LogP contribution in [0.5, 0.6) is 0 Å². The predicted molar refractivity (Wildman–Crippen MR) is 101 cm³/mol. The van der Waals surface area contributed by atoms with E-state index in [0.717, 1.165) is 5.69 Å². The molecule has 3 aromatic rings. The smallest absolute Gasteiger partial charge is 0.253 e. The number of rotatable bonds is 5. The molecule has 132 valence electrons. The summed E-state index contributed by atoms with van der Waals surface area (Å²) < 4.78 is 5.58. The average Bonchev–Trinajstić information content (AvgIpc) is 3.05. The third-order valence-corrected chi connectivity index (χ3v) is 3.89. The maximum atomic E-state index is 11.9. The van der Waals surface area contributed by atoms with E-state index < -0.39 is 0 Å². The van der Waals surface area contributed by atoms with Gasteiger partial charge >= 0.3 is 0 Å². The summed E-state index contributed by atoms with van der Waals surface area (Å²) in [6.07, 6.45) is 2.16. The van der Waals surface area contributed by atoms with Crippen molar-refractivity contribution in [1.82, 2.24) is 9.88 Å². The zero-order chi connectivity index (χ0) is 18.7. The monoisotopic (exact) mass is 369 g/mol. The number of nitrogens with one attached hydrogen (secondary N) is 1. The maximum absolute atomic E-state index is 11.9. The number of anilines is 1. The second kappa shape index (κ2) is 7.41. The molecule has 0 aliphatic rings. The number of amides is 1. The lowest BCUT2D eigenvalue weighted by Gasteiger charge is -2.10. The van der Waals surface area contributed by atoms with E-state index in [-0.39, 0.29) is 17.4 Å². The number of hydrogen-bond donors (Lipinski definition) is 1. The maximum Gasteiger partial charge on any atom is 0.253 e. The molecule has 0 radical (unpaired) electrons. The van der Waals surface area contributed by atoms with Gasteiger partial charge in [-0.3, -0.25) is 9.59 Å². The summed E-state index contributed by atoms with van der Waals surface area (Å²) in [6.45, 7) is 0. The van der Waals surface area contributed by atoms with Crippen LogP contribution in [0.25, 0.3) is 16.7 Å². The molecule has 0 aliphatic heterocycles. The predicted octanol–water partition coefficient (Wildman–Crippen LogP) is 3.83. The Balaban J connectivity index is 1.80. The van der Waals surface area contributed by atoms with E-state index in [1.54, 1.807) is 56.6 Å². The van der Waals surface area contributed by atoms with Gasteiger partial charge in [0.2, 0.25) is 5.89 Å². The van der Waals surface area contributed by atoms with Gasteiger partial charge < -0.3 is 14.6 Å². The number of hydrogen-bond acceptors (Lipinski definition) is 5. The largest absolute Gasteiger partial charge is 0.436 e. The second-order valence-corrected chi connectivity index (χ2v) is 6.21. The lowest BCUT2D eigenvalue weighted by atomic mass is 10.2. The van der Waals surface area contributed by atoms with Gasteiger partial charge in [0.15, 0.2) is 11.9 Å².